The molecule has 0 aliphatic rings. The summed E-state index contributed by atoms with van der Waals surface area (Å²) >= 11 is 0. The van der Waals surface area contributed by atoms with Gasteiger partial charge in [-0.3, -0.25) is 9.48 Å². The van der Waals surface area contributed by atoms with E-state index >= 15 is 0 Å². The minimum absolute atomic E-state index is 0.206. The maximum absolute atomic E-state index is 12.2. The molecule has 0 spiro atoms. The second kappa shape index (κ2) is 7.90. The Morgan fingerprint density at radius 2 is 2.00 bits per heavy atom. The molecule has 2 aromatic rings. The highest BCUT2D eigenvalue weighted by atomic mass is 16.5. The molecule has 0 unspecified atom stereocenters. The van der Waals surface area contributed by atoms with E-state index < -0.39 is 11.5 Å². The summed E-state index contributed by atoms with van der Waals surface area (Å²) in [7, 11) is 3.15. The first kappa shape index (κ1) is 19.3. The molecule has 0 bridgehead atoms. The third-order valence-electron chi connectivity index (χ3n) is 4.07. The van der Waals surface area contributed by atoms with Crippen LogP contribution < -0.4 is 14.8 Å². The highest BCUT2D eigenvalue weighted by Crippen LogP contribution is 2.25. The highest BCUT2D eigenvalue weighted by molar-refractivity contribution is 5.90. The van der Waals surface area contributed by atoms with Gasteiger partial charge in [0.2, 0.25) is 5.91 Å². The van der Waals surface area contributed by atoms with Crippen LogP contribution in [0.4, 0.5) is 5.69 Å². The summed E-state index contributed by atoms with van der Waals surface area (Å²) in [4.78, 5) is 23.5. The molecule has 1 heterocycles. The molecular formula is C18H23N3O5. The minimum atomic E-state index is -1.20. The van der Waals surface area contributed by atoms with Crippen molar-refractivity contribution in [2.75, 3.05) is 19.5 Å². The number of methoxy groups -OCH3 is 2. The molecule has 2 N–H and O–H groups in total. The van der Waals surface area contributed by atoms with E-state index in [1.165, 1.54) is 30.9 Å². The molecule has 8 nitrogen and oxygen atoms in total. The Labute approximate surface area is 151 Å². The number of aliphatic carboxylic acids is 1. The van der Waals surface area contributed by atoms with Crippen molar-refractivity contribution < 1.29 is 24.2 Å². The van der Waals surface area contributed by atoms with Crippen LogP contribution in [0.25, 0.3) is 0 Å². The summed E-state index contributed by atoms with van der Waals surface area (Å²) in [5, 5.41) is 16.0. The molecule has 8 heteroatoms. The molecule has 0 aliphatic carbocycles. The van der Waals surface area contributed by atoms with Crippen molar-refractivity contribution in [2.24, 2.45) is 0 Å². The molecular weight excluding hydrogens is 338 g/mol. The third-order valence-corrected chi connectivity index (χ3v) is 4.07. The van der Waals surface area contributed by atoms with Gasteiger partial charge >= 0.3 is 5.97 Å². The quantitative estimate of drug-likeness (QED) is 0.748. The zero-order valence-corrected chi connectivity index (χ0v) is 15.3. The number of ether oxygens (including phenoxy) is 2. The zero-order chi connectivity index (χ0) is 19.3. The number of amides is 1. The fraction of sp³-hybridized carbons (Fsp3) is 0.389. The van der Waals surface area contributed by atoms with Gasteiger partial charge in [-0.15, -0.1) is 0 Å². The Bertz CT molecular complexity index is 798. The highest BCUT2D eigenvalue weighted by Gasteiger charge is 2.30. The summed E-state index contributed by atoms with van der Waals surface area (Å²) in [5.41, 5.74) is 0.114. The second-order valence-electron chi connectivity index (χ2n) is 6.26. The molecule has 1 aromatic heterocycles. The van der Waals surface area contributed by atoms with E-state index in [0.29, 0.717) is 23.6 Å². The largest absolute Gasteiger partial charge is 0.497 e. The number of hydrogen-bond acceptors (Lipinski definition) is 5. The molecule has 0 radical (unpaired) electrons. The summed E-state index contributed by atoms with van der Waals surface area (Å²) in [6.45, 7) is 3.06. The standard InChI is InChI=1S/C18H23N3O5/c1-18(2,17(23)24)21-11-13(10-19-21)20-16(22)8-5-12-9-14(25-3)6-7-15(12)26-4/h6-7,9-11H,5,8H2,1-4H3,(H,20,22)(H,23,24). The van der Waals surface area contributed by atoms with Crippen LogP contribution in [0.5, 0.6) is 11.5 Å². The lowest BCUT2D eigenvalue weighted by Gasteiger charge is -2.19. The Kier molecular flexibility index (Phi) is 5.86. The molecule has 0 saturated heterocycles. The van der Waals surface area contributed by atoms with E-state index in [1.807, 2.05) is 6.07 Å². The molecule has 1 amide bonds. The smallest absolute Gasteiger partial charge is 0.331 e. The van der Waals surface area contributed by atoms with E-state index in [0.717, 1.165) is 5.56 Å². The third kappa shape index (κ3) is 4.33. The number of anilines is 1. The van der Waals surface area contributed by atoms with E-state index in [1.54, 1.807) is 26.4 Å². The molecule has 140 valence electrons. The normalized spacial score (nSPS) is 11.1. The van der Waals surface area contributed by atoms with Gasteiger partial charge in [-0.2, -0.15) is 5.10 Å². The first-order chi connectivity index (χ1) is 12.3. The Balaban J connectivity index is 2.00. The number of nitrogens with zero attached hydrogens (tertiary/aromatic N) is 2. The first-order valence-electron chi connectivity index (χ1n) is 8.07. The summed E-state index contributed by atoms with van der Waals surface area (Å²) < 4.78 is 11.8. The van der Waals surface area contributed by atoms with Gasteiger partial charge in [0.15, 0.2) is 5.54 Å². The van der Waals surface area contributed by atoms with E-state index in [2.05, 4.69) is 10.4 Å². The molecule has 0 aliphatic heterocycles. The fourth-order valence-electron chi connectivity index (χ4n) is 2.34. The van der Waals surface area contributed by atoms with Crippen LogP contribution in [0, 0.1) is 0 Å². The topological polar surface area (TPSA) is 103 Å². The SMILES string of the molecule is COc1ccc(OC)c(CCC(=O)Nc2cnn(C(C)(C)C(=O)O)c2)c1. The number of nitrogens with one attached hydrogen (secondary N) is 1. The maximum atomic E-state index is 12.2. The molecule has 0 atom stereocenters. The number of hydrogen-bond donors (Lipinski definition) is 2. The lowest BCUT2D eigenvalue weighted by molar-refractivity contribution is -0.146. The van der Waals surface area contributed by atoms with Crippen molar-refractivity contribution in [3.63, 3.8) is 0 Å². The first-order valence-corrected chi connectivity index (χ1v) is 8.07. The van der Waals surface area contributed by atoms with Gasteiger partial charge in [0, 0.05) is 12.6 Å². The lowest BCUT2D eigenvalue weighted by Crippen LogP contribution is -2.35. The minimum Gasteiger partial charge on any atom is -0.497 e. The van der Waals surface area contributed by atoms with Crippen LogP contribution in [-0.2, 0) is 21.5 Å². The second-order valence-corrected chi connectivity index (χ2v) is 6.26. The maximum Gasteiger partial charge on any atom is 0.331 e. The van der Waals surface area contributed by atoms with E-state index in [-0.39, 0.29) is 12.3 Å². The van der Waals surface area contributed by atoms with Gasteiger partial charge in [0.25, 0.3) is 0 Å². The average Bonchev–Trinajstić information content (AvgIpc) is 3.08. The average molecular weight is 361 g/mol. The van der Waals surface area contributed by atoms with Crippen LogP contribution in [0.2, 0.25) is 0 Å². The molecule has 0 saturated carbocycles. The number of carbonyl (C=O) groups is 2. The van der Waals surface area contributed by atoms with Gasteiger partial charge in [-0.25, -0.2) is 4.79 Å². The van der Waals surface area contributed by atoms with Crippen molar-refractivity contribution in [1.82, 2.24) is 9.78 Å². The van der Waals surface area contributed by atoms with Gasteiger partial charge in [-0.05, 0) is 44.0 Å². The van der Waals surface area contributed by atoms with Gasteiger partial charge in [0.05, 0.1) is 26.1 Å². The van der Waals surface area contributed by atoms with Gasteiger partial charge in [0.1, 0.15) is 11.5 Å². The van der Waals surface area contributed by atoms with Crippen LogP contribution >= 0.6 is 0 Å². The number of carbonyl (C=O) groups excluding carboxylic acids is 1. The monoisotopic (exact) mass is 361 g/mol. The predicted octanol–water partition coefficient (Wildman–Crippen LogP) is 2.29. The zero-order valence-electron chi connectivity index (χ0n) is 15.3. The molecule has 1 aromatic carbocycles. The van der Waals surface area contributed by atoms with Crippen molar-refractivity contribution in [3.8, 4) is 11.5 Å². The number of aryl methyl sites for hydroxylation is 1. The number of aromatic nitrogens is 2. The predicted molar refractivity (Wildman–Crippen MR) is 95.7 cm³/mol. The van der Waals surface area contributed by atoms with Gasteiger partial charge < -0.3 is 19.9 Å². The van der Waals surface area contributed by atoms with Crippen LogP contribution in [0.15, 0.2) is 30.6 Å². The number of rotatable bonds is 8. The van der Waals surface area contributed by atoms with E-state index in [4.69, 9.17) is 9.47 Å². The van der Waals surface area contributed by atoms with Gasteiger partial charge in [-0.1, -0.05) is 0 Å². The van der Waals surface area contributed by atoms with E-state index in [9.17, 15) is 14.7 Å². The number of benzene rings is 1. The summed E-state index contributed by atoms with van der Waals surface area (Å²) in [6.07, 6.45) is 3.63. The number of carboxylic acids is 1. The fourth-order valence-corrected chi connectivity index (χ4v) is 2.34. The molecule has 2 rings (SSSR count). The molecule has 0 fully saturated rings. The van der Waals surface area contributed by atoms with Crippen LogP contribution in [0.1, 0.15) is 25.8 Å². The summed E-state index contributed by atoms with van der Waals surface area (Å²) in [6, 6.07) is 5.42. The Morgan fingerprint density at radius 3 is 2.62 bits per heavy atom. The molecule has 26 heavy (non-hydrogen) atoms. The van der Waals surface area contributed by atoms with Crippen molar-refractivity contribution >= 4 is 17.6 Å². The van der Waals surface area contributed by atoms with Crippen LogP contribution in [0.3, 0.4) is 0 Å². The Morgan fingerprint density at radius 1 is 1.27 bits per heavy atom. The Hall–Kier alpha value is -3.03. The number of carboxylic acid groups (broad SMARTS) is 1. The van der Waals surface area contributed by atoms with Crippen molar-refractivity contribution in [3.05, 3.63) is 36.2 Å². The van der Waals surface area contributed by atoms with Crippen molar-refractivity contribution in [2.45, 2.75) is 32.2 Å². The lowest BCUT2D eigenvalue weighted by atomic mass is 10.1. The summed E-state index contributed by atoms with van der Waals surface area (Å²) in [5.74, 6) is 0.166. The van der Waals surface area contributed by atoms with Crippen molar-refractivity contribution in [1.29, 1.82) is 0 Å². The van der Waals surface area contributed by atoms with Crippen LogP contribution in [-0.4, -0.2) is 41.0 Å².